The topological polar surface area (TPSA) is 97.5 Å². The van der Waals surface area contributed by atoms with Gasteiger partial charge in [-0.25, -0.2) is 13.2 Å². The SMILES string of the molecule is O=C(O)c1cnoc1C1CCCS1(=O)=O. The molecule has 0 aliphatic carbocycles. The quantitative estimate of drug-likeness (QED) is 0.801. The molecule has 0 amide bonds. The number of sulfone groups is 1. The molecule has 0 radical (unpaired) electrons. The standard InChI is InChI=1S/C8H9NO5S/c10-8(11)5-4-9-14-7(5)6-2-1-3-15(6,12)13/h4,6H,1-3H2,(H,10,11). The third-order valence-corrected chi connectivity index (χ3v) is 4.62. The average molecular weight is 231 g/mol. The molecule has 2 heterocycles. The van der Waals surface area contributed by atoms with E-state index in [1.165, 1.54) is 0 Å². The Balaban J connectivity index is 2.46. The monoisotopic (exact) mass is 231 g/mol. The first-order chi connectivity index (χ1) is 7.02. The number of hydrogen-bond acceptors (Lipinski definition) is 5. The minimum absolute atomic E-state index is 0.0417. The van der Waals surface area contributed by atoms with Gasteiger partial charge in [-0.05, 0) is 12.8 Å². The van der Waals surface area contributed by atoms with Crippen LogP contribution in [0.1, 0.15) is 34.2 Å². The molecule has 1 aliphatic heterocycles. The summed E-state index contributed by atoms with van der Waals surface area (Å²) in [5.41, 5.74) is -0.162. The van der Waals surface area contributed by atoms with Crippen LogP contribution in [0.4, 0.5) is 0 Å². The van der Waals surface area contributed by atoms with Crippen LogP contribution in [-0.4, -0.2) is 30.4 Å². The van der Waals surface area contributed by atoms with Crippen molar-refractivity contribution in [1.29, 1.82) is 0 Å². The van der Waals surface area contributed by atoms with Crippen molar-refractivity contribution in [3.8, 4) is 0 Å². The van der Waals surface area contributed by atoms with Crippen molar-refractivity contribution < 1.29 is 22.8 Å². The van der Waals surface area contributed by atoms with E-state index < -0.39 is 21.1 Å². The summed E-state index contributed by atoms with van der Waals surface area (Å²) < 4.78 is 27.8. The molecule has 1 aromatic rings. The Hall–Kier alpha value is -1.37. The zero-order valence-electron chi connectivity index (χ0n) is 7.71. The van der Waals surface area contributed by atoms with Crippen molar-refractivity contribution in [3.63, 3.8) is 0 Å². The summed E-state index contributed by atoms with van der Waals surface area (Å²) in [6.45, 7) is 0. The molecule has 0 aromatic carbocycles. The summed E-state index contributed by atoms with van der Waals surface area (Å²) >= 11 is 0. The summed E-state index contributed by atoms with van der Waals surface area (Å²) in [5.74, 6) is -1.18. The highest BCUT2D eigenvalue weighted by Gasteiger charge is 2.38. The lowest BCUT2D eigenvalue weighted by Gasteiger charge is -2.04. The van der Waals surface area contributed by atoms with E-state index in [0.29, 0.717) is 12.8 Å². The van der Waals surface area contributed by atoms with Gasteiger partial charge < -0.3 is 9.63 Å². The number of carboxylic acid groups (broad SMARTS) is 1. The number of hydrogen-bond donors (Lipinski definition) is 1. The Labute approximate surface area is 85.8 Å². The number of aromatic nitrogens is 1. The van der Waals surface area contributed by atoms with Gasteiger partial charge in [0.1, 0.15) is 10.8 Å². The maximum absolute atomic E-state index is 11.6. The first-order valence-corrected chi connectivity index (χ1v) is 6.13. The zero-order chi connectivity index (χ0) is 11.1. The number of nitrogens with zero attached hydrogens (tertiary/aromatic N) is 1. The molecule has 1 fully saturated rings. The number of aromatic carboxylic acids is 1. The molecule has 7 heteroatoms. The van der Waals surface area contributed by atoms with Crippen LogP contribution < -0.4 is 0 Å². The maximum Gasteiger partial charge on any atom is 0.341 e. The van der Waals surface area contributed by atoms with Crippen molar-refractivity contribution in [3.05, 3.63) is 17.5 Å². The fourth-order valence-corrected chi connectivity index (χ4v) is 3.60. The van der Waals surface area contributed by atoms with Gasteiger partial charge in [-0.15, -0.1) is 0 Å². The van der Waals surface area contributed by atoms with E-state index >= 15 is 0 Å². The van der Waals surface area contributed by atoms with E-state index in [9.17, 15) is 13.2 Å². The van der Waals surface area contributed by atoms with E-state index in [-0.39, 0.29) is 17.1 Å². The second-order valence-electron chi connectivity index (χ2n) is 3.41. The smallest absolute Gasteiger partial charge is 0.341 e. The van der Waals surface area contributed by atoms with Crippen LogP contribution >= 0.6 is 0 Å². The molecule has 6 nitrogen and oxygen atoms in total. The number of rotatable bonds is 2. The second-order valence-corrected chi connectivity index (χ2v) is 5.71. The van der Waals surface area contributed by atoms with Gasteiger partial charge in [0.05, 0.1) is 11.9 Å². The normalized spacial score (nSPS) is 24.1. The van der Waals surface area contributed by atoms with E-state index in [1.807, 2.05) is 0 Å². The third-order valence-electron chi connectivity index (χ3n) is 2.45. The van der Waals surface area contributed by atoms with E-state index in [0.717, 1.165) is 6.20 Å². The Kier molecular flexibility index (Phi) is 2.26. The van der Waals surface area contributed by atoms with Crippen molar-refractivity contribution in [1.82, 2.24) is 5.16 Å². The number of carbonyl (C=O) groups is 1. The lowest BCUT2D eigenvalue weighted by atomic mass is 10.1. The summed E-state index contributed by atoms with van der Waals surface area (Å²) in [4.78, 5) is 10.8. The molecule has 1 aromatic heterocycles. The molecule has 0 bridgehead atoms. The number of carboxylic acids is 1. The lowest BCUT2D eigenvalue weighted by Crippen LogP contribution is -2.10. The van der Waals surface area contributed by atoms with Gasteiger partial charge in [0.2, 0.25) is 0 Å². The van der Waals surface area contributed by atoms with Crippen molar-refractivity contribution in [2.45, 2.75) is 18.1 Å². The summed E-state index contributed by atoms with van der Waals surface area (Å²) in [7, 11) is -3.26. The van der Waals surface area contributed by atoms with E-state index in [2.05, 4.69) is 5.16 Å². The molecule has 1 atom stereocenters. The van der Waals surface area contributed by atoms with Gasteiger partial charge in [0.25, 0.3) is 0 Å². The van der Waals surface area contributed by atoms with Crippen LogP contribution in [0.25, 0.3) is 0 Å². The third kappa shape index (κ3) is 1.63. The first-order valence-electron chi connectivity index (χ1n) is 4.42. The highest BCUT2D eigenvalue weighted by Crippen LogP contribution is 2.36. The first kappa shape index (κ1) is 10.2. The van der Waals surface area contributed by atoms with Crippen LogP contribution in [0.3, 0.4) is 0 Å². The zero-order valence-corrected chi connectivity index (χ0v) is 8.53. The highest BCUT2D eigenvalue weighted by atomic mass is 32.2. The van der Waals surface area contributed by atoms with Crippen LogP contribution in [0.2, 0.25) is 0 Å². The predicted octanol–water partition coefficient (Wildman–Crippen LogP) is 0.623. The summed E-state index contributed by atoms with van der Waals surface area (Å²) in [6.07, 6.45) is 1.97. The molecule has 1 aliphatic rings. The van der Waals surface area contributed by atoms with Crippen molar-refractivity contribution in [2.24, 2.45) is 0 Å². The largest absolute Gasteiger partial charge is 0.478 e. The fourth-order valence-electron chi connectivity index (χ4n) is 1.73. The Bertz CT molecular complexity index is 489. The molecule has 1 N–H and O–H groups in total. The molecule has 15 heavy (non-hydrogen) atoms. The molecule has 2 rings (SSSR count). The van der Waals surface area contributed by atoms with Crippen molar-refractivity contribution >= 4 is 15.8 Å². The molecule has 0 spiro atoms. The van der Waals surface area contributed by atoms with Gasteiger partial charge in [0, 0.05) is 0 Å². The van der Waals surface area contributed by atoms with Crippen LogP contribution in [0.15, 0.2) is 10.7 Å². The van der Waals surface area contributed by atoms with E-state index in [1.54, 1.807) is 0 Å². The molecular weight excluding hydrogens is 222 g/mol. The van der Waals surface area contributed by atoms with Crippen molar-refractivity contribution in [2.75, 3.05) is 5.75 Å². The van der Waals surface area contributed by atoms with Gasteiger partial charge in [0.15, 0.2) is 15.6 Å². The average Bonchev–Trinajstić information content (AvgIpc) is 2.69. The van der Waals surface area contributed by atoms with Crippen LogP contribution in [-0.2, 0) is 9.84 Å². The molecule has 1 unspecified atom stereocenters. The second kappa shape index (κ2) is 3.34. The van der Waals surface area contributed by atoms with Gasteiger partial charge in [-0.1, -0.05) is 5.16 Å². The molecule has 1 saturated heterocycles. The van der Waals surface area contributed by atoms with Crippen LogP contribution in [0.5, 0.6) is 0 Å². The van der Waals surface area contributed by atoms with Gasteiger partial charge in [-0.3, -0.25) is 0 Å². The lowest BCUT2D eigenvalue weighted by molar-refractivity contribution is 0.0694. The van der Waals surface area contributed by atoms with Gasteiger partial charge in [-0.2, -0.15) is 0 Å². The molecular formula is C8H9NO5S. The Morgan fingerprint density at radius 3 is 2.87 bits per heavy atom. The van der Waals surface area contributed by atoms with Crippen LogP contribution in [0, 0.1) is 0 Å². The van der Waals surface area contributed by atoms with E-state index in [4.69, 9.17) is 9.63 Å². The predicted molar refractivity (Wildman–Crippen MR) is 49.2 cm³/mol. The molecule has 82 valence electrons. The van der Waals surface area contributed by atoms with Gasteiger partial charge >= 0.3 is 5.97 Å². The maximum atomic E-state index is 11.6. The fraction of sp³-hybridized carbons (Fsp3) is 0.500. The highest BCUT2D eigenvalue weighted by molar-refractivity contribution is 7.91. The summed E-state index contributed by atoms with van der Waals surface area (Å²) in [6, 6.07) is 0. The Morgan fingerprint density at radius 1 is 1.60 bits per heavy atom. The Morgan fingerprint density at radius 2 is 2.33 bits per heavy atom. The summed E-state index contributed by atoms with van der Waals surface area (Å²) in [5, 5.41) is 11.3. The minimum Gasteiger partial charge on any atom is -0.478 e. The minimum atomic E-state index is -3.26. The molecule has 0 saturated carbocycles.